The second-order valence-electron chi connectivity index (χ2n) is 4.71. The van der Waals surface area contributed by atoms with Gasteiger partial charge in [-0.25, -0.2) is 4.79 Å². The number of carbonyl (C=O) groups is 2. The van der Waals surface area contributed by atoms with Gasteiger partial charge >= 0.3 is 5.97 Å². The average Bonchev–Trinajstić information content (AvgIpc) is 3.06. The predicted molar refractivity (Wildman–Crippen MR) is 82.3 cm³/mol. The third kappa shape index (κ3) is 3.11. The summed E-state index contributed by atoms with van der Waals surface area (Å²) in [5, 5.41) is 8.56. The van der Waals surface area contributed by atoms with Crippen LogP contribution in [-0.4, -0.2) is 28.6 Å². The lowest BCUT2D eigenvalue weighted by Gasteiger charge is -2.07. The summed E-state index contributed by atoms with van der Waals surface area (Å²) in [7, 11) is 1.31. The van der Waals surface area contributed by atoms with Crippen LogP contribution in [0.5, 0.6) is 0 Å². The molecule has 1 amide bonds. The molecule has 0 radical (unpaired) electrons. The van der Waals surface area contributed by atoms with Crippen molar-refractivity contribution in [1.29, 1.82) is 0 Å². The van der Waals surface area contributed by atoms with E-state index >= 15 is 0 Å². The Morgan fingerprint density at radius 2 is 2.05 bits per heavy atom. The number of nitrogens with zero attached hydrogens (tertiary/aromatic N) is 2. The molecule has 0 fully saturated rings. The van der Waals surface area contributed by atoms with E-state index in [0.717, 1.165) is 17.1 Å². The first-order chi connectivity index (χ1) is 9.95. The van der Waals surface area contributed by atoms with Crippen molar-refractivity contribution in [3.8, 4) is 0 Å². The number of anilines is 1. The molecule has 112 valence electrons. The maximum atomic E-state index is 12.4. The van der Waals surface area contributed by atoms with Gasteiger partial charge in [0.15, 0.2) is 0 Å². The molecular weight excluding hydrogens is 310 g/mol. The monoisotopic (exact) mass is 325 g/mol. The highest BCUT2D eigenvalue weighted by atomic mass is 32.1. The van der Waals surface area contributed by atoms with Gasteiger partial charge in [-0.3, -0.25) is 4.79 Å². The lowest BCUT2D eigenvalue weighted by molar-refractivity contribution is 0.0607. The molecule has 6 nitrogen and oxygen atoms in total. The second-order valence-corrected chi connectivity index (χ2v) is 6.34. The van der Waals surface area contributed by atoms with Gasteiger partial charge in [0.25, 0.3) is 5.91 Å². The fraction of sp³-hybridized carbons (Fsp3) is 0.385. The van der Waals surface area contributed by atoms with Crippen molar-refractivity contribution in [3.05, 3.63) is 26.4 Å². The summed E-state index contributed by atoms with van der Waals surface area (Å²) in [6.07, 6.45) is 0. The molecule has 2 aromatic heterocycles. The third-order valence-electron chi connectivity index (χ3n) is 2.85. The quantitative estimate of drug-likeness (QED) is 0.874. The number of ether oxygens (including phenoxy) is 1. The maximum Gasteiger partial charge on any atom is 0.350 e. The van der Waals surface area contributed by atoms with Gasteiger partial charge in [-0.05, 0) is 35.3 Å². The van der Waals surface area contributed by atoms with E-state index in [2.05, 4.69) is 14.9 Å². The minimum atomic E-state index is -0.463. The van der Waals surface area contributed by atoms with Crippen LogP contribution in [0.3, 0.4) is 0 Å². The van der Waals surface area contributed by atoms with Crippen molar-refractivity contribution in [2.24, 2.45) is 0 Å². The zero-order valence-corrected chi connectivity index (χ0v) is 13.7. The molecule has 0 aliphatic rings. The molecule has 0 aliphatic carbocycles. The molecule has 0 atom stereocenters. The number of aryl methyl sites for hydroxylation is 1. The minimum Gasteiger partial charge on any atom is -0.465 e. The van der Waals surface area contributed by atoms with Crippen molar-refractivity contribution < 1.29 is 14.3 Å². The predicted octanol–water partition coefficient (Wildman–Crippen LogP) is 3.07. The summed E-state index contributed by atoms with van der Waals surface area (Å²) in [6, 6.07) is 0. The fourth-order valence-corrected chi connectivity index (χ4v) is 3.38. The normalized spacial score (nSPS) is 10.7. The van der Waals surface area contributed by atoms with Gasteiger partial charge in [0.2, 0.25) is 0 Å². The first-order valence-electron chi connectivity index (χ1n) is 6.25. The van der Waals surface area contributed by atoms with E-state index in [4.69, 9.17) is 4.74 Å². The number of carbonyl (C=O) groups excluding carboxylic acids is 2. The molecule has 0 aliphatic heterocycles. The molecule has 0 saturated carbocycles. The Labute approximate surface area is 130 Å². The van der Waals surface area contributed by atoms with Crippen molar-refractivity contribution in [2.45, 2.75) is 26.7 Å². The van der Waals surface area contributed by atoms with Crippen LogP contribution in [-0.2, 0) is 4.74 Å². The Kier molecular flexibility index (Phi) is 4.69. The van der Waals surface area contributed by atoms with Crippen LogP contribution >= 0.6 is 22.9 Å². The standard InChI is InChI=1S/C13H15N3O3S2/c1-6(2)8-10(21-16-15-8)12(17)14-9-7(3)5-20-11(9)13(18)19-4/h5-6H,1-4H3,(H,14,17). The number of thiophene rings is 1. The summed E-state index contributed by atoms with van der Waals surface area (Å²) in [4.78, 5) is 24.9. The second kappa shape index (κ2) is 6.31. The average molecular weight is 325 g/mol. The molecule has 8 heteroatoms. The van der Waals surface area contributed by atoms with Gasteiger partial charge in [-0.15, -0.1) is 16.4 Å². The Bertz CT molecular complexity index is 676. The van der Waals surface area contributed by atoms with Gasteiger partial charge in [0.05, 0.1) is 18.5 Å². The largest absolute Gasteiger partial charge is 0.465 e. The van der Waals surface area contributed by atoms with Gasteiger partial charge < -0.3 is 10.1 Å². The highest BCUT2D eigenvalue weighted by Crippen LogP contribution is 2.29. The third-order valence-corrected chi connectivity index (χ3v) is 4.67. The summed E-state index contributed by atoms with van der Waals surface area (Å²) in [6.45, 7) is 5.72. The van der Waals surface area contributed by atoms with Gasteiger partial charge in [-0.1, -0.05) is 18.3 Å². The molecule has 0 aromatic carbocycles. The first kappa shape index (κ1) is 15.6. The molecular formula is C13H15N3O3S2. The molecule has 2 heterocycles. The SMILES string of the molecule is COC(=O)c1scc(C)c1NC(=O)c1snnc1C(C)C. The summed E-state index contributed by atoms with van der Waals surface area (Å²) in [5.41, 5.74) is 1.96. The fourth-order valence-electron chi connectivity index (χ4n) is 1.75. The van der Waals surface area contributed by atoms with E-state index in [0.29, 0.717) is 21.1 Å². The number of hydrogen-bond donors (Lipinski definition) is 1. The maximum absolute atomic E-state index is 12.4. The van der Waals surface area contributed by atoms with E-state index in [1.807, 2.05) is 20.8 Å². The summed E-state index contributed by atoms with van der Waals surface area (Å²) >= 11 is 2.29. The molecule has 0 spiro atoms. The number of aromatic nitrogens is 2. The number of amides is 1. The summed E-state index contributed by atoms with van der Waals surface area (Å²) in [5.74, 6) is -0.664. The van der Waals surface area contributed by atoms with Crippen LogP contribution in [0.4, 0.5) is 5.69 Å². The van der Waals surface area contributed by atoms with Gasteiger partial charge in [0.1, 0.15) is 9.75 Å². The first-order valence-corrected chi connectivity index (χ1v) is 7.91. The van der Waals surface area contributed by atoms with Crippen LogP contribution in [0.25, 0.3) is 0 Å². The van der Waals surface area contributed by atoms with Crippen molar-refractivity contribution in [2.75, 3.05) is 12.4 Å². The van der Waals surface area contributed by atoms with Gasteiger partial charge in [-0.2, -0.15) is 0 Å². The molecule has 1 N–H and O–H groups in total. The molecule has 0 bridgehead atoms. The van der Waals surface area contributed by atoms with Crippen LogP contribution in [0.2, 0.25) is 0 Å². The summed E-state index contributed by atoms with van der Waals surface area (Å²) < 4.78 is 8.55. The smallest absolute Gasteiger partial charge is 0.350 e. The topological polar surface area (TPSA) is 81.2 Å². The van der Waals surface area contributed by atoms with E-state index in [1.54, 1.807) is 5.38 Å². The number of methoxy groups -OCH3 is 1. The molecule has 0 unspecified atom stereocenters. The number of esters is 1. The van der Waals surface area contributed by atoms with Crippen molar-refractivity contribution in [1.82, 2.24) is 9.59 Å². The molecule has 21 heavy (non-hydrogen) atoms. The zero-order chi connectivity index (χ0) is 15.6. The number of rotatable bonds is 4. The molecule has 0 saturated heterocycles. The Balaban J connectivity index is 2.30. The van der Waals surface area contributed by atoms with Crippen LogP contribution in [0, 0.1) is 6.92 Å². The van der Waals surface area contributed by atoms with Crippen LogP contribution in [0.15, 0.2) is 5.38 Å². The lowest BCUT2D eigenvalue weighted by atomic mass is 10.1. The number of nitrogens with one attached hydrogen (secondary N) is 1. The van der Waals surface area contributed by atoms with Crippen molar-refractivity contribution in [3.63, 3.8) is 0 Å². The van der Waals surface area contributed by atoms with E-state index in [9.17, 15) is 9.59 Å². The van der Waals surface area contributed by atoms with E-state index < -0.39 is 5.97 Å². The zero-order valence-electron chi connectivity index (χ0n) is 12.1. The highest BCUT2D eigenvalue weighted by Gasteiger charge is 2.23. The molecule has 2 aromatic rings. The van der Waals surface area contributed by atoms with E-state index in [1.165, 1.54) is 18.4 Å². The number of hydrogen-bond acceptors (Lipinski definition) is 7. The lowest BCUT2D eigenvalue weighted by Crippen LogP contribution is -2.15. The minimum absolute atomic E-state index is 0.105. The Morgan fingerprint density at radius 3 is 2.67 bits per heavy atom. The Morgan fingerprint density at radius 1 is 1.33 bits per heavy atom. The highest BCUT2D eigenvalue weighted by molar-refractivity contribution is 7.13. The Hall–Kier alpha value is -1.80. The van der Waals surface area contributed by atoms with Crippen molar-refractivity contribution >= 4 is 40.4 Å². The molecule has 2 rings (SSSR count). The van der Waals surface area contributed by atoms with Gasteiger partial charge in [0, 0.05) is 0 Å². The van der Waals surface area contributed by atoms with Crippen LogP contribution in [0.1, 0.15) is 50.4 Å². The van der Waals surface area contributed by atoms with Crippen LogP contribution < -0.4 is 5.32 Å². The van der Waals surface area contributed by atoms with E-state index in [-0.39, 0.29) is 11.8 Å².